The summed E-state index contributed by atoms with van der Waals surface area (Å²) in [5, 5.41) is 11.8. The molecule has 110 valence electrons. The molecule has 1 rings (SSSR count). The highest BCUT2D eigenvalue weighted by atomic mass is 16.5. The molecule has 0 spiro atoms. The van der Waals surface area contributed by atoms with Gasteiger partial charge >= 0.3 is 11.9 Å². The Balaban J connectivity index is 2.81. The molecule has 0 aliphatic heterocycles. The van der Waals surface area contributed by atoms with Crippen molar-refractivity contribution >= 4 is 23.3 Å². The SMILES string of the molecule is CCOC(=O)C(CCC(=O)O)Nc1ccc(N)cc1C. The summed E-state index contributed by atoms with van der Waals surface area (Å²) in [4.78, 5) is 22.5. The van der Waals surface area contributed by atoms with Crippen LogP contribution in [-0.4, -0.2) is 29.7 Å². The maximum absolute atomic E-state index is 11.8. The van der Waals surface area contributed by atoms with Crippen molar-refractivity contribution in [1.29, 1.82) is 0 Å². The molecule has 0 aliphatic carbocycles. The summed E-state index contributed by atoms with van der Waals surface area (Å²) >= 11 is 0. The van der Waals surface area contributed by atoms with Crippen LogP contribution in [-0.2, 0) is 14.3 Å². The number of hydrogen-bond acceptors (Lipinski definition) is 5. The van der Waals surface area contributed by atoms with Gasteiger partial charge in [-0.25, -0.2) is 4.79 Å². The van der Waals surface area contributed by atoms with E-state index < -0.39 is 18.0 Å². The van der Waals surface area contributed by atoms with Crippen LogP contribution in [0.3, 0.4) is 0 Å². The Hall–Kier alpha value is -2.24. The van der Waals surface area contributed by atoms with E-state index in [-0.39, 0.29) is 19.4 Å². The van der Waals surface area contributed by atoms with Gasteiger partial charge in [-0.1, -0.05) is 0 Å². The first kappa shape index (κ1) is 15.8. The second-order valence-corrected chi connectivity index (χ2v) is 4.46. The molecule has 0 fully saturated rings. The van der Waals surface area contributed by atoms with Crippen molar-refractivity contribution in [3.05, 3.63) is 23.8 Å². The monoisotopic (exact) mass is 280 g/mol. The van der Waals surface area contributed by atoms with E-state index in [1.54, 1.807) is 25.1 Å². The largest absolute Gasteiger partial charge is 0.481 e. The van der Waals surface area contributed by atoms with E-state index in [1.165, 1.54) is 0 Å². The minimum atomic E-state index is -0.949. The minimum Gasteiger partial charge on any atom is -0.481 e. The number of aliphatic carboxylic acids is 1. The maximum atomic E-state index is 11.8. The first-order valence-corrected chi connectivity index (χ1v) is 6.45. The second-order valence-electron chi connectivity index (χ2n) is 4.46. The fourth-order valence-corrected chi connectivity index (χ4v) is 1.80. The number of nitrogens with two attached hydrogens (primary N) is 1. The van der Waals surface area contributed by atoms with Crippen LogP contribution in [0.2, 0.25) is 0 Å². The Kier molecular flexibility index (Phi) is 5.83. The lowest BCUT2D eigenvalue weighted by Gasteiger charge is -2.19. The van der Waals surface area contributed by atoms with Gasteiger partial charge in [-0.15, -0.1) is 0 Å². The molecule has 0 aliphatic rings. The second kappa shape index (κ2) is 7.37. The van der Waals surface area contributed by atoms with Gasteiger partial charge in [0.1, 0.15) is 6.04 Å². The van der Waals surface area contributed by atoms with Crippen LogP contribution in [0.25, 0.3) is 0 Å². The summed E-state index contributed by atoms with van der Waals surface area (Å²) in [5.74, 6) is -1.40. The molecule has 0 bridgehead atoms. The summed E-state index contributed by atoms with van der Waals surface area (Å²) in [7, 11) is 0. The Labute approximate surface area is 117 Å². The van der Waals surface area contributed by atoms with Gasteiger partial charge in [0, 0.05) is 17.8 Å². The number of anilines is 2. The molecule has 0 heterocycles. The molecule has 0 aromatic heterocycles. The summed E-state index contributed by atoms with van der Waals surface area (Å²) in [6, 6.07) is 4.57. The van der Waals surface area contributed by atoms with E-state index in [1.807, 2.05) is 6.92 Å². The Morgan fingerprint density at radius 3 is 2.70 bits per heavy atom. The molecule has 6 heteroatoms. The van der Waals surface area contributed by atoms with Crippen LogP contribution < -0.4 is 11.1 Å². The van der Waals surface area contributed by atoms with Gasteiger partial charge in [0.2, 0.25) is 0 Å². The predicted octanol–water partition coefficient (Wildman–Crippen LogP) is 1.79. The van der Waals surface area contributed by atoms with E-state index in [0.29, 0.717) is 5.69 Å². The highest BCUT2D eigenvalue weighted by molar-refractivity contribution is 5.80. The van der Waals surface area contributed by atoms with Crippen LogP contribution in [0.15, 0.2) is 18.2 Å². The van der Waals surface area contributed by atoms with Crippen molar-refractivity contribution in [3.63, 3.8) is 0 Å². The lowest BCUT2D eigenvalue weighted by atomic mass is 10.1. The average molecular weight is 280 g/mol. The maximum Gasteiger partial charge on any atom is 0.328 e. The molecular weight excluding hydrogens is 260 g/mol. The number of rotatable bonds is 7. The molecule has 1 unspecified atom stereocenters. The first-order valence-electron chi connectivity index (χ1n) is 6.45. The smallest absolute Gasteiger partial charge is 0.328 e. The zero-order valence-electron chi connectivity index (χ0n) is 11.7. The molecule has 0 amide bonds. The molecule has 1 aromatic rings. The number of ether oxygens (including phenoxy) is 1. The van der Waals surface area contributed by atoms with E-state index in [2.05, 4.69) is 5.32 Å². The highest BCUT2D eigenvalue weighted by Crippen LogP contribution is 2.20. The number of nitrogen functional groups attached to an aromatic ring is 1. The summed E-state index contributed by atoms with van der Waals surface area (Å²) in [6.07, 6.45) is 0.0580. The molecule has 0 radical (unpaired) electrons. The van der Waals surface area contributed by atoms with Crippen molar-refractivity contribution in [2.24, 2.45) is 0 Å². The Morgan fingerprint density at radius 2 is 2.15 bits per heavy atom. The molecule has 1 atom stereocenters. The van der Waals surface area contributed by atoms with E-state index >= 15 is 0 Å². The molecule has 6 nitrogen and oxygen atoms in total. The zero-order valence-corrected chi connectivity index (χ0v) is 11.7. The van der Waals surface area contributed by atoms with E-state index in [0.717, 1.165) is 11.3 Å². The molecule has 20 heavy (non-hydrogen) atoms. The number of aryl methyl sites for hydroxylation is 1. The van der Waals surface area contributed by atoms with Crippen LogP contribution in [0, 0.1) is 6.92 Å². The van der Waals surface area contributed by atoms with Crippen molar-refractivity contribution in [2.45, 2.75) is 32.7 Å². The lowest BCUT2D eigenvalue weighted by molar-refractivity contribution is -0.144. The van der Waals surface area contributed by atoms with Crippen molar-refractivity contribution in [3.8, 4) is 0 Å². The number of esters is 1. The van der Waals surface area contributed by atoms with Crippen LogP contribution in [0.1, 0.15) is 25.3 Å². The van der Waals surface area contributed by atoms with Crippen molar-refractivity contribution < 1.29 is 19.4 Å². The number of nitrogens with one attached hydrogen (secondary N) is 1. The van der Waals surface area contributed by atoms with Crippen LogP contribution in [0.5, 0.6) is 0 Å². The number of carbonyl (C=O) groups is 2. The normalized spacial score (nSPS) is 11.7. The van der Waals surface area contributed by atoms with Crippen LogP contribution in [0.4, 0.5) is 11.4 Å². The number of carbonyl (C=O) groups excluding carboxylic acids is 1. The van der Waals surface area contributed by atoms with E-state index in [9.17, 15) is 9.59 Å². The van der Waals surface area contributed by atoms with Gasteiger partial charge in [-0.2, -0.15) is 0 Å². The van der Waals surface area contributed by atoms with Gasteiger partial charge in [-0.05, 0) is 44.0 Å². The fourth-order valence-electron chi connectivity index (χ4n) is 1.80. The molecule has 0 saturated heterocycles. The number of carboxylic acid groups (broad SMARTS) is 1. The fraction of sp³-hybridized carbons (Fsp3) is 0.429. The Morgan fingerprint density at radius 1 is 1.45 bits per heavy atom. The summed E-state index contributed by atoms with van der Waals surface area (Å²) in [5.41, 5.74) is 7.92. The van der Waals surface area contributed by atoms with Crippen molar-refractivity contribution in [2.75, 3.05) is 17.7 Å². The standard InChI is InChI=1S/C14H20N2O4/c1-3-20-14(19)12(6-7-13(17)18)16-11-5-4-10(15)8-9(11)2/h4-5,8,12,16H,3,6-7,15H2,1-2H3,(H,17,18). The molecule has 4 N–H and O–H groups in total. The van der Waals surface area contributed by atoms with E-state index in [4.69, 9.17) is 15.6 Å². The first-order chi connectivity index (χ1) is 9.43. The van der Waals surface area contributed by atoms with Crippen LogP contribution >= 0.6 is 0 Å². The third-order valence-electron chi connectivity index (χ3n) is 2.80. The number of carboxylic acids is 1. The molecular formula is C14H20N2O4. The molecule has 1 aromatic carbocycles. The zero-order chi connectivity index (χ0) is 15.1. The topological polar surface area (TPSA) is 102 Å². The third-order valence-corrected chi connectivity index (χ3v) is 2.80. The predicted molar refractivity (Wildman–Crippen MR) is 76.5 cm³/mol. The lowest BCUT2D eigenvalue weighted by Crippen LogP contribution is -2.32. The summed E-state index contributed by atoms with van der Waals surface area (Å²) in [6.45, 7) is 3.82. The van der Waals surface area contributed by atoms with Gasteiger partial charge in [0.15, 0.2) is 0 Å². The van der Waals surface area contributed by atoms with Gasteiger partial charge < -0.3 is 20.9 Å². The van der Waals surface area contributed by atoms with Gasteiger partial charge in [0.05, 0.1) is 6.61 Å². The highest BCUT2D eigenvalue weighted by Gasteiger charge is 2.21. The average Bonchev–Trinajstić information content (AvgIpc) is 2.36. The minimum absolute atomic E-state index is 0.107. The summed E-state index contributed by atoms with van der Waals surface area (Å²) < 4.78 is 4.95. The molecule has 0 saturated carbocycles. The van der Waals surface area contributed by atoms with Gasteiger partial charge in [-0.3, -0.25) is 4.79 Å². The Bertz CT molecular complexity index is 488. The third kappa shape index (κ3) is 4.79. The number of benzene rings is 1. The van der Waals surface area contributed by atoms with Crippen molar-refractivity contribution in [1.82, 2.24) is 0 Å². The number of hydrogen-bond donors (Lipinski definition) is 3. The van der Waals surface area contributed by atoms with Gasteiger partial charge in [0.25, 0.3) is 0 Å². The quantitative estimate of drug-likeness (QED) is 0.520.